The minimum Gasteiger partial charge on any atom is -0.343 e. The molecule has 3 rings (SSSR count). The number of carbonyl (C=O) groups is 1. The summed E-state index contributed by atoms with van der Waals surface area (Å²) in [5.41, 5.74) is 2.40. The first kappa shape index (κ1) is 12.2. The number of pyridine rings is 1. The number of fused-ring (bicyclic) bond motifs is 1. The van der Waals surface area contributed by atoms with Crippen molar-refractivity contribution in [1.82, 2.24) is 9.88 Å². The highest BCUT2D eigenvalue weighted by molar-refractivity contribution is 5.81. The summed E-state index contributed by atoms with van der Waals surface area (Å²) in [6.07, 6.45) is 3.96. The molecule has 1 aliphatic rings. The molecule has 1 saturated heterocycles. The molecular formula is C16H18N2O. The summed E-state index contributed by atoms with van der Waals surface area (Å²) in [7, 11) is 0. The maximum atomic E-state index is 11.4. The summed E-state index contributed by atoms with van der Waals surface area (Å²) in [6.45, 7) is 3.44. The number of hydrogen-bond donors (Lipinski definition) is 0. The van der Waals surface area contributed by atoms with Crippen molar-refractivity contribution in [2.45, 2.75) is 19.8 Å². The van der Waals surface area contributed by atoms with Gasteiger partial charge in [-0.15, -0.1) is 0 Å². The molecule has 2 heterocycles. The van der Waals surface area contributed by atoms with E-state index in [1.54, 1.807) is 6.92 Å². The lowest BCUT2D eigenvalue weighted by molar-refractivity contribution is -0.127. The highest BCUT2D eigenvalue weighted by Crippen LogP contribution is 2.24. The Hall–Kier alpha value is -1.90. The van der Waals surface area contributed by atoms with Crippen LogP contribution in [0.25, 0.3) is 10.9 Å². The number of carbonyl (C=O) groups excluding carboxylic acids is 1. The number of hydrogen-bond acceptors (Lipinski definition) is 2. The van der Waals surface area contributed by atoms with Gasteiger partial charge in [-0.1, -0.05) is 24.3 Å². The van der Waals surface area contributed by atoms with Crippen molar-refractivity contribution in [3.05, 3.63) is 42.1 Å². The van der Waals surface area contributed by atoms with Crippen molar-refractivity contribution in [1.29, 1.82) is 0 Å². The zero-order valence-electron chi connectivity index (χ0n) is 11.2. The normalized spacial score (nSPS) is 19.0. The average molecular weight is 254 g/mol. The molecule has 1 fully saturated rings. The molecule has 3 nitrogen and oxygen atoms in total. The maximum absolute atomic E-state index is 11.4. The van der Waals surface area contributed by atoms with Gasteiger partial charge in [0.2, 0.25) is 5.91 Å². The third-order valence-electron chi connectivity index (χ3n) is 3.96. The van der Waals surface area contributed by atoms with Crippen LogP contribution in [0, 0.1) is 5.92 Å². The molecule has 19 heavy (non-hydrogen) atoms. The number of nitrogens with zero attached hydrogens (tertiary/aromatic N) is 2. The van der Waals surface area contributed by atoms with Gasteiger partial charge in [0.05, 0.1) is 5.52 Å². The molecule has 0 unspecified atom stereocenters. The zero-order chi connectivity index (χ0) is 13.2. The fourth-order valence-corrected chi connectivity index (χ4v) is 2.93. The van der Waals surface area contributed by atoms with E-state index in [0.29, 0.717) is 5.92 Å². The molecule has 0 spiro atoms. The first-order chi connectivity index (χ1) is 9.24. The number of para-hydroxylation sites is 1. The van der Waals surface area contributed by atoms with E-state index < -0.39 is 0 Å². The second-order valence-corrected chi connectivity index (χ2v) is 5.32. The van der Waals surface area contributed by atoms with Crippen LogP contribution >= 0.6 is 0 Å². The van der Waals surface area contributed by atoms with Crippen molar-refractivity contribution < 1.29 is 4.79 Å². The molecule has 1 aromatic carbocycles. The van der Waals surface area contributed by atoms with Gasteiger partial charge in [-0.05, 0) is 30.4 Å². The van der Waals surface area contributed by atoms with Gasteiger partial charge in [-0.25, -0.2) is 0 Å². The number of likely N-dealkylation sites (tertiary alicyclic amines) is 1. The van der Waals surface area contributed by atoms with Crippen LogP contribution in [0.4, 0.5) is 0 Å². The van der Waals surface area contributed by atoms with Crippen molar-refractivity contribution >= 4 is 16.8 Å². The van der Waals surface area contributed by atoms with E-state index in [1.807, 2.05) is 17.2 Å². The first-order valence-electron chi connectivity index (χ1n) is 6.82. The van der Waals surface area contributed by atoms with E-state index >= 15 is 0 Å². The van der Waals surface area contributed by atoms with E-state index in [2.05, 4.69) is 29.2 Å². The Bertz CT molecular complexity index is 603. The molecule has 1 amide bonds. The van der Waals surface area contributed by atoms with Crippen LogP contribution in [0.5, 0.6) is 0 Å². The predicted octanol–water partition coefficient (Wildman–Crippen LogP) is 2.65. The molecule has 0 radical (unpaired) electrons. The second-order valence-electron chi connectivity index (χ2n) is 5.32. The smallest absolute Gasteiger partial charge is 0.219 e. The largest absolute Gasteiger partial charge is 0.343 e. The van der Waals surface area contributed by atoms with Crippen LogP contribution in [0.1, 0.15) is 18.9 Å². The Kier molecular flexibility index (Phi) is 3.20. The van der Waals surface area contributed by atoms with E-state index in [0.717, 1.165) is 31.4 Å². The highest BCUT2D eigenvalue weighted by atomic mass is 16.2. The van der Waals surface area contributed by atoms with Crippen molar-refractivity contribution in [2.24, 2.45) is 5.92 Å². The zero-order valence-corrected chi connectivity index (χ0v) is 11.2. The Morgan fingerprint density at radius 3 is 3.00 bits per heavy atom. The van der Waals surface area contributed by atoms with Gasteiger partial charge in [0.1, 0.15) is 0 Å². The van der Waals surface area contributed by atoms with Crippen LogP contribution in [-0.4, -0.2) is 28.9 Å². The average Bonchev–Trinajstić information content (AvgIpc) is 2.88. The molecule has 1 aliphatic heterocycles. The van der Waals surface area contributed by atoms with E-state index in [-0.39, 0.29) is 5.91 Å². The molecule has 0 saturated carbocycles. The number of rotatable bonds is 2. The van der Waals surface area contributed by atoms with Gasteiger partial charge in [0.25, 0.3) is 0 Å². The van der Waals surface area contributed by atoms with Gasteiger partial charge in [-0.2, -0.15) is 0 Å². The quantitative estimate of drug-likeness (QED) is 0.825. The number of aromatic nitrogens is 1. The number of benzene rings is 1. The molecule has 0 bridgehead atoms. The van der Waals surface area contributed by atoms with E-state index in [9.17, 15) is 4.79 Å². The minimum absolute atomic E-state index is 0.193. The second kappa shape index (κ2) is 5.00. The van der Waals surface area contributed by atoms with Crippen LogP contribution in [0.3, 0.4) is 0 Å². The van der Waals surface area contributed by atoms with Crippen LogP contribution < -0.4 is 0 Å². The minimum atomic E-state index is 0.193. The first-order valence-corrected chi connectivity index (χ1v) is 6.82. The van der Waals surface area contributed by atoms with Gasteiger partial charge in [0.15, 0.2) is 0 Å². The summed E-state index contributed by atoms with van der Waals surface area (Å²) in [6, 6.07) is 10.4. The maximum Gasteiger partial charge on any atom is 0.219 e. The summed E-state index contributed by atoms with van der Waals surface area (Å²) < 4.78 is 0. The lowest BCUT2D eigenvalue weighted by Gasteiger charge is -2.14. The molecule has 2 aromatic rings. The lowest BCUT2D eigenvalue weighted by Crippen LogP contribution is -2.26. The van der Waals surface area contributed by atoms with E-state index in [1.165, 1.54) is 10.9 Å². The molecule has 0 aliphatic carbocycles. The van der Waals surface area contributed by atoms with Crippen LogP contribution in [0.2, 0.25) is 0 Å². The molecular weight excluding hydrogens is 236 g/mol. The molecule has 1 aromatic heterocycles. The summed E-state index contributed by atoms with van der Waals surface area (Å²) in [5.74, 6) is 0.759. The SMILES string of the molecule is CC(=O)N1CC[C@@H](Cc2cccc3cccnc23)C1. The van der Waals surface area contributed by atoms with Crippen molar-refractivity contribution in [2.75, 3.05) is 13.1 Å². The molecule has 98 valence electrons. The fraction of sp³-hybridized carbons (Fsp3) is 0.375. The third kappa shape index (κ3) is 2.46. The van der Waals surface area contributed by atoms with Gasteiger partial charge in [0, 0.05) is 31.6 Å². The van der Waals surface area contributed by atoms with Crippen LogP contribution in [-0.2, 0) is 11.2 Å². The van der Waals surface area contributed by atoms with Gasteiger partial charge < -0.3 is 4.90 Å². The summed E-state index contributed by atoms with van der Waals surface area (Å²) in [4.78, 5) is 17.8. The predicted molar refractivity (Wildman–Crippen MR) is 75.8 cm³/mol. The Morgan fingerprint density at radius 2 is 2.21 bits per heavy atom. The van der Waals surface area contributed by atoms with Gasteiger partial charge >= 0.3 is 0 Å². The van der Waals surface area contributed by atoms with E-state index in [4.69, 9.17) is 0 Å². The van der Waals surface area contributed by atoms with Crippen molar-refractivity contribution in [3.8, 4) is 0 Å². The standard InChI is InChI=1S/C16H18N2O/c1-12(19)18-9-7-13(11-18)10-15-5-2-4-14-6-3-8-17-16(14)15/h2-6,8,13H,7,9-11H2,1H3/t13-/m0/s1. The summed E-state index contributed by atoms with van der Waals surface area (Å²) >= 11 is 0. The molecule has 3 heteroatoms. The third-order valence-corrected chi connectivity index (χ3v) is 3.96. The Morgan fingerprint density at radius 1 is 1.37 bits per heavy atom. The number of amides is 1. The molecule has 1 atom stereocenters. The van der Waals surface area contributed by atoms with Gasteiger partial charge in [-0.3, -0.25) is 9.78 Å². The van der Waals surface area contributed by atoms with Crippen LogP contribution in [0.15, 0.2) is 36.5 Å². The van der Waals surface area contributed by atoms with Crippen molar-refractivity contribution in [3.63, 3.8) is 0 Å². The Labute approximate surface area is 113 Å². The topological polar surface area (TPSA) is 33.2 Å². The fourth-order valence-electron chi connectivity index (χ4n) is 2.93. The highest BCUT2D eigenvalue weighted by Gasteiger charge is 2.24. The summed E-state index contributed by atoms with van der Waals surface area (Å²) in [5, 5.41) is 1.20. The molecule has 0 N–H and O–H groups in total. The Balaban J connectivity index is 1.81. The lowest BCUT2D eigenvalue weighted by atomic mass is 9.97. The monoisotopic (exact) mass is 254 g/mol.